The Kier molecular flexibility index (Phi) is 7.08. The third-order valence-electron chi connectivity index (χ3n) is 4.80. The maximum atomic E-state index is 4.15. The predicted octanol–water partition coefficient (Wildman–Crippen LogP) is 5.46. The number of rotatable bonds is 3. The van der Waals surface area contributed by atoms with Crippen molar-refractivity contribution in [1.29, 1.82) is 0 Å². The lowest BCUT2D eigenvalue weighted by molar-refractivity contribution is 0.253. The van der Waals surface area contributed by atoms with E-state index in [-0.39, 0.29) is 24.8 Å². The number of piperidine rings is 1. The molecule has 0 unspecified atom stereocenters. The van der Waals surface area contributed by atoms with E-state index in [2.05, 4.69) is 56.9 Å². The monoisotopic (exact) mass is 395 g/mol. The van der Waals surface area contributed by atoms with E-state index < -0.39 is 0 Å². The first-order valence-electron chi connectivity index (χ1n) is 8.15. The lowest BCUT2D eigenvalue weighted by Crippen LogP contribution is -2.29. The number of thiophene rings is 1. The standard InChI is InChI=1S/C19H21N3S.2ClH/c1-22-9-4-15(5-10-22)18-12-17(14-2-7-20-8-3-14)19(21-18)16-6-11-23-13-16;;/h2-3,6-8,11-13,15,21H,4-5,9-10H2,1H3;2*1H. The van der Waals surface area contributed by atoms with E-state index in [0.29, 0.717) is 5.92 Å². The number of hydrogen-bond donors (Lipinski definition) is 1. The Bertz CT molecular complexity index is 763. The second-order valence-corrected chi connectivity index (χ2v) is 7.12. The molecule has 1 aliphatic rings. The second kappa shape index (κ2) is 8.86. The van der Waals surface area contributed by atoms with E-state index in [1.54, 1.807) is 11.3 Å². The number of nitrogens with one attached hydrogen (secondary N) is 1. The fourth-order valence-corrected chi connectivity index (χ4v) is 4.06. The molecule has 0 aromatic carbocycles. The van der Waals surface area contributed by atoms with Gasteiger partial charge in [-0.05, 0) is 68.2 Å². The first-order chi connectivity index (χ1) is 11.3. The van der Waals surface area contributed by atoms with Crippen LogP contribution in [0.4, 0.5) is 0 Å². The summed E-state index contributed by atoms with van der Waals surface area (Å²) in [5, 5.41) is 4.36. The van der Waals surface area contributed by atoms with Crippen LogP contribution in [0, 0.1) is 0 Å². The van der Waals surface area contributed by atoms with Gasteiger partial charge >= 0.3 is 0 Å². The second-order valence-electron chi connectivity index (χ2n) is 6.34. The van der Waals surface area contributed by atoms with Gasteiger partial charge in [0.15, 0.2) is 0 Å². The minimum atomic E-state index is 0. The zero-order valence-corrected chi connectivity index (χ0v) is 16.6. The van der Waals surface area contributed by atoms with E-state index in [1.165, 1.54) is 54.0 Å². The average molecular weight is 396 g/mol. The number of likely N-dealkylation sites (tertiary alicyclic amines) is 1. The number of halogens is 2. The van der Waals surface area contributed by atoms with Crippen LogP contribution >= 0.6 is 36.2 Å². The fraction of sp³-hybridized carbons (Fsp3) is 0.316. The van der Waals surface area contributed by atoms with Crippen molar-refractivity contribution in [3.05, 3.63) is 53.1 Å². The third kappa shape index (κ3) is 4.26. The summed E-state index contributed by atoms with van der Waals surface area (Å²) in [6.07, 6.45) is 6.20. The molecule has 0 spiro atoms. The zero-order valence-electron chi connectivity index (χ0n) is 14.1. The lowest BCUT2D eigenvalue weighted by atomic mass is 9.93. The minimum Gasteiger partial charge on any atom is -0.358 e. The molecule has 134 valence electrons. The molecule has 1 aliphatic heterocycles. The molecular weight excluding hydrogens is 373 g/mol. The molecule has 3 nitrogen and oxygen atoms in total. The van der Waals surface area contributed by atoms with Crippen LogP contribution in [-0.4, -0.2) is 35.0 Å². The number of aromatic nitrogens is 2. The van der Waals surface area contributed by atoms with Crippen LogP contribution in [0.2, 0.25) is 0 Å². The Hall–Kier alpha value is -1.33. The number of pyridine rings is 1. The summed E-state index contributed by atoms with van der Waals surface area (Å²) in [6.45, 7) is 2.37. The number of nitrogens with zero attached hydrogens (tertiary/aromatic N) is 2. The van der Waals surface area contributed by atoms with Gasteiger partial charge < -0.3 is 9.88 Å². The van der Waals surface area contributed by atoms with Gasteiger partial charge in [-0.3, -0.25) is 4.98 Å². The van der Waals surface area contributed by atoms with Gasteiger partial charge in [0.25, 0.3) is 0 Å². The Morgan fingerprint density at radius 3 is 2.44 bits per heavy atom. The molecule has 0 aliphatic carbocycles. The molecular formula is C19H23Cl2N3S. The van der Waals surface area contributed by atoms with Crippen LogP contribution in [0.3, 0.4) is 0 Å². The predicted molar refractivity (Wildman–Crippen MR) is 111 cm³/mol. The van der Waals surface area contributed by atoms with Crippen LogP contribution < -0.4 is 0 Å². The molecule has 1 saturated heterocycles. The summed E-state index contributed by atoms with van der Waals surface area (Å²) >= 11 is 1.74. The highest BCUT2D eigenvalue weighted by molar-refractivity contribution is 7.08. The van der Waals surface area contributed by atoms with Gasteiger partial charge in [0.1, 0.15) is 0 Å². The summed E-state index contributed by atoms with van der Waals surface area (Å²) in [4.78, 5) is 10.3. The van der Waals surface area contributed by atoms with Crippen LogP contribution in [0.25, 0.3) is 22.4 Å². The highest BCUT2D eigenvalue weighted by atomic mass is 35.5. The van der Waals surface area contributed by atoms with Crippen molar-refractivity contribution in [1.82, 2.24) is 14.9 Å². The summed E-state index contributed by atoms with van der Waals surface area (Å²) < 4.78 is 0. The van der Waals surface area contributed by atoms with Crippen molar-refractivity contribution >= 4 is 36.2 Å². The Morgan fingerprint density at radius 1 is 1.08 bits per heavy atom. The maximum absolute atomic E-state index is 4.15. The molecule has 0 bridgehead atoms. The zero-order chi connectivity index (χ0) is 15.6. The Morgan fingerprint density at radius 2 is 1.80 bits per heavy atom. The third-order valence-corrected chi connectivity index (χ3v) is 5.48. The minimum absolute atomic E-state index is 0. The quantitative estimate of drug-likeness (QED) is 0.638. The van der Waals surface area contributed by atoms with Crippen molar-refractivity contribution in [3.63, 3.8) is 0 Å². The van der Waals surface area contributed by atoms with Crippen LogP contribution in [0.5, 0.6) is 0 Å². The van der Waals surface area contributed by atoms with Gasteiger partial charge in [0, 0.05) is 40.5 Å². The van der Waals surface area contributed by atoms with Crippen LogP contribution in [-0.2, 0) is 0 Å². The van der Waals surface area contributed by atoms with E-state index >= 15 is 0 Å². The molecule has 4 rings (SSSR count). The molecule has 3 aromatic heterocycles. The molecule has 0 radical (unpaired) electrons. The first kappa shape index (κ1) is 20.0. The Labute approximate surface area is 165 Å². The molecule has 25 heavy (non-hydrogen) atoms. The summed E-state index contributed by atoms with van der Waals surface area (Å²) in [5.74, 6) is 0.638. The summed E-state index contributed by atoms with van der Waals surface area (Å²) in [6, 6.07) is 8.74. The van der Waals surface area contributed by atoms with Gasteiger partial charge in [0.2, 0.25) is 0 Å². The molecule has 0 atom stereocenters. The van der Waals surface area contributed by atoms with Crippen molar-refractivity contribution in [2.45, 2.75) is 18.8 Å². The van der Waals surface area contributed by atoms with Gasteiger partial charge in [-0.25, -0.2) is 0 Å². The van der Waals surface area contributed by atoms with Crippen LogP contribution in [0.15, 0.2) is 47.4 Å². The molecule has 0 amide bonds. The highest BCUT2D eigenvalue weighted by Gasteiger charge is 2.22. The van der Waals surface area contributed by atoms with E-state index in [1.807, 2.05) is 12.4 Å². The SMILES string of the molecule is CN1CCC(c2cc(-c3ccncc3)c(-c3ccsc3)[nH]2)CC1.Cl.Cl. The normalized spacial score (nSPS) is 15.4. The van der Waals surface area contributed by atoms with E-state index in [9.17, 15) is 0 Å². The van der Waals surface area contributed by atoms with Gasteiger partial charge in [-0.1, -0.05) is 0 Å². The van der Waals surface area contributed by atoms with E-state index in [4.69, 9.17) is 0 Å². The molecule has 6 heteroatoms. The summed E-state index contributed by atoms with van der Waals surface area (Å²) in [7, 11) is 2.21. The fourth-order valence-electron chi connectivity index (χ4n) is 3.41. The maximum Gasteiger partial charge on any atom is 0.0544 e. The van der Waals surface area contributed by atoms with Crippen molar-refractivity contribution in [2.24, 2.45) is 0 Å². The molecule has 4 heterocycles. The summed E-state index contributed by atoms with van der Waals surface area (Å²) in [5.41, 5.74) is 6.43. The van der Waals surface area contributed by atoms with Crippen molar-refractivity contribution < 1.29 is 0 Å². The molecule has 1 fully saturated rings. The number of H-pyrrole nitrogens is 1. The molecule has 0 saturated carbocycles. The lowest BCUT2D eigenvalue weighted by Gasteiger charge is -2.28. The van der Waals surface area contributed by atoms with E-state index in [0.717, 1.165) is 0 Å². The van der Waals surface area contributed by atoms with Crippen LogP contribution in [0.1, 0.15) is 24.5 Å². The van der Waals surface area contributed by atoms with Gasteiger partial charge in [-0.15, -0.1) is 24.8 Å². The number of hydrogen-bond acceptors (Lipinski definition) is 3. The van der Waals surface area contributed by atoms with Crippen molar-refractivity contribution in [2.75, 3.05) is 20.1 Å². The first-order valence-corrected chi connectivity index (χ1v) is 9.10. The van der Waals surface area contributed by atoms with Crippen molar-refractivity contribution in [3.8, 4) is 22.4 Å². The highest BCUT2D eigenvalue weighted by Crippen LogP contribution is 2.37. The molecule has 1 N–H and O–H groups in total. The molecule has 3 aromatic rings. The topological polar surface area (TPSA) is 31.9 Å². The smallest absolute Gasteiger partial charge is 0.0544 e. The number of aromatic amines is 1. The largest absolute Gasteiger partial charge is 0.358 e. The van der Waals surface area contributed by atoms with Gasteiger partial charge in [-0.2, -0.15) is 11.3 Å². The average Bonchev–Trinajstić information content (AvgIpc) is 3.26. The Balaban J connectivity index is 0.00000113. The van der Waals surface area contributed by atoms with Gasteiger partial charge in [0.05, 0.1) is 5.69 Å².